The van der Waals surface area contributed by atoms with E-state index in [0.29, 0.717) is 11.5 Å². The molecule has 0 unspecified atom stereocenters. The summed E-state index contributed by atoms with van der Waals surface area (Å²) in [7, 11) is 1.67. The van der Waals surface area contributed by atoms with Crippen molar-refractivity contribution in [1.82, 2.24) is 0 Å². The number of rotatable bonds is 4. The summed E-state index contributed by atoms with van der Waals surface area (Å²) < 4.78 is 12.9. The maximum atomic E-state index is 12.5. The van der Waals surface area contributed by atoms with Crippen LogP contribution in [0.4, 0.5) is 5.69 Å². The molecule has 2 saturated carbocycles. The van der Waals surface area contributed by atoms with Gasteiger partial charge in [0.2, 0.25) is 0 Å². The normalized spacial score (nSPS) is 26.4. The van der Waals surface area contributed by atoms with Gasteiger partial charge >= 0.3 is 0 Å². The fraction of sp³-hybridized carbons (Fsp3) is 0.348. The van der Waals surface area contributed by atoms with E-state index in [4.69, 9.17) is 9.47 Å². The summed E-state index contributed by atoms with van der Waals surface area (Å²) in [6.07, 6.45) is 7.25. The van der Waals surface area contributed by atoms with Gasteiger partial charge in [-0.05, 0) is 79.5 Å². The molecule has 0 radical (unpaired) electrons. The van der Waals surface area contributed by atoms with Crippen LogP contribution in [0.15, 0.2) is 40.9 Å². The van der Waals surface area contributed by atoms with Crippen LogP contribution in [-0.2, 0) is 4.79 Å². The zero-order valence-corrected chi connectivity index (χ0v) is 17.3. The number of halogens is 1. The Morgan fingerprint density at radius 3 is 2.75 bits per heavy atom. The summed E-state index contributed by atoms with van der Waals surface area (Å²) in [4.78, 5) is 12.5. The molecule has 1 N–H and O–H groups in total. The molecule has 2 bridgehead atoms. The molecule has 3 atom stereocenters. The van der Waals surface area contributed by atoms with Gasteiger partial charge in [-0.1, -0.05) is 22.0 Å². The molecule has 4 nitrogen and oxygen atoms in total. The Bertz CT molecular complexity index is 984. The number of fused-ring (bicyclic) bond motifs is 3. The van der Waals surface area contributed by atoms with Gasteiger partial charge in [0.15, 0.2) is 11.5 Å². The second-order valence-electron chi connectivity index (χ2n) is 7.94. The van der Waals surface area contributed by atoms with E-state index in [9.17, 15) is 4.79 Å². The van der Waals surface area contributed by atoms with Crippen LogP contribution in [0, 0.1) is 11.8 Å². The lowest BCUT2D eigenvalue weighted by Gasteiger charge is -2.24. The molecule has 1 heterocycles. The maximum absolute atomic E-state index is 12.5. The highest BCUT2D eigenvalue weighted by Crippen LogP contribution is 2.47. The van der Waals surface area contributed by atoms with E-state index in [1.807, 2.05) is 42.5 Å². The summed E-state index contributed by atoms with van der Waals surface area (Å²) in [5, 5.41) is 2.93. The summed E-state index contributed by atoms with van der Waals surface area (Å²) in [6.45, 7) is 0. The standard InChI is InChI=1S/C23H22BrNO3/c1-27-20-7-3-14(11-22(20)28-21-10-13-2-4-15(21)8-13)9-18-17-12-16(24)5-6-19(17)25-23(18)26/h3,5-7,9,11-13,15,21H,2,4,8,10H2,1H3,(H,25,26)/b18-9-/t13-,15+,21+/m1/s1. The molecule has 1 amide bonds. The molecule has 5 rings (SSSR count). The number of carbonyl (C=O) groups is 1. The molecular weight excluding hydrogens is 418 g/mol. The fourth-order valence-electron chi connectivity index (χ4n) is 4.84. The van der Waals surface area contributed by atoms with E-state index in [-0.39, 0.29) is 12.0 Å². The number of benzene rings is 2. The Labute approximate surface area is 173 Å². The number of methoxy groups -OCH3 is 1. The van der Waals surface area contributed by atoms with Crippen molar-refractivity contribution in [2.75, 3.05) is 12.4 Å². The number of hydrogen-bond acceptors (Lipinski definition) is 3. The second kappa shape index (κ2) is 6.96. The number of carbonyl (C=O) groups excluding carboxylic acids is 1. The lowest BCUT2D eigenvalue weighted by molar-refractivity contribution is -0.110. The minimum absolute atomic E-state index is 0.0838. The largest absolute Gasteiger partial charge is 0.493 e. The van der Waals surface area contributed by atoms with Crippen molar-refractivity contribution >= 4 is 39.2 Å². The average Bonchev–Trinajstić information content (AvgIpc) is 3.38. The number of nitrogens with one attached hydrogen (secondary N) is 1. The number of anilines is 1. The predicted molar refractivity (Wildman–Crippen MR) is 114 cm³/mol. The zero-order valence-electron chi connectivity index (χ0n) is 15.7. The Morgan fingerprint density at radius 1 is 1.11 bits per heavy atom. The molecular formula is C23H22BrNO3. The topological polar surface area (TPSA) is 47.6 Å². The molecule has 0 saturated heterocycles. The van der Waals surface area contributed by atoms with Crippen molar-refractivity contribution in [3.05, 3.63) is 52.0 Å². The zero-order chi connectivity index (χ0) is 19.3. The molecule has 3 aliphatic rings. The smallest absolute Gasteiger partial charge is 0.256 e. The summed E-state index contributed by atoms with van der Waals surface area (Å²) >= 11 is 3.49. The van der Waals surface area contributed by atoms with Crippen LogP contribution in [0.2, 0.25) is 0 Å². The monoisotopic (exact) mass is 439 g/mol. The molecule has 2 fully saturated rings. The van der Waals surface area contributed by atoms with Crippen LogP contribution in [-0.4, -0.2) is 19.1 Å². The van der Waals surface area contributed by atoms with Gasteiger partial charge in [-0.15, -0.1) is 0 Å². The second-order valence-corrected chi connectivity index (χ2v) is 8.86. The van der Waals surface area contributed by atoms with E-state index < -0.39 is 0 Å². The summed E-state index contributed by atoms with van der Waals surface area (Å²) in [5.41, 5.74) is 3.33. The van der Waals surface area contributed by atoms with Crippen molar-refractivity contribution in [2.24, 2.45) is 11.8 Å². The first-order chi connectivity index (χ1) is 13.6. The molecule has 144 valence electrons. The van der Waals surface area contributed by atoms with Crippen molar-refractivity contribution < 1.29 is 14.3 Å². The summed E-state index contributed by atoms with van der Waals surface area (Å²) in [6, 6.07) is 11.7. The SMILES string of the molecule is COc1ccc(/C=C2\C(=O)Nc3ccc(Br)cc32)cc1O[C@H]1C[C@@H]2CC[C@H]1C2. The molecule has 2 aromatic carbocycles. The predicted octanol–water partition coefficient (Wildman–Crippen LogP) is 5.52. The van der Waals surface area contributed by atoms with Crippen LogP contribution in [0.25, 0.3) is 11.6 Å². The Balaban J connectivity index is 1.47. The van der Waals surface area contributed by atoms with Crippen LogP contribution in [0.5, 0.6) is 11.5 Å². The van der Waals surface area contributed by atoms with Gasteiger partial charge in [-0.3, -0.25) is 4.79 Å². The lowest BCUT2D eigenvalue weighted by Crippen LogP contribution is -2.23. The van der Waals surface area contributed by atoms with Crippen LogP contribution in [0.3, 0.4) is 0 Å². The minimum Gasteiger partial charge on any atom is -0.493 e. The Hall–Kier alpha value is -2.27. The molecule has 0 aromatic heterocycles. The molecule has 28 heavy (non-hydrogen) atoms. The van der Waals surface area contributed by atoms with Gasteiger partial charge in [-0.2, -0.15) is 0 Å². The molecule has 2 aliphatic carbocycles. The van der Waals surface area contributed by atoms with Gasteiger partial charge in [-0.25, -0.2) is 0 Å². The highest BCUT2D eigenvalue weighted by molar-refractivity contribution is 9.10. The first-order valence-electron chi connectivity index (χ1n) is 9.78. The maximum Gasteiger partial charge on any atom is 0.256 e. The number of amides is 1. The lowest BCUT2D eigenvalue weighted by atomic mass is 9.97. The fourth-order valence-corrected chi connectivity index (χ4v) is 5.20. The van der Waals surface area contributed by atoms with Crippen LogP contribution in [0.1, 0.15) is 36.8 Å². The first-order valence-corrected chi connectivity index (χ1v) is 10.6. The van der Waals surface area contributed by atoms with Crippen LogP contribution < -0.4 is 14.8 Å². The van der Waals surface area contributed by atoms with E-state index in [1.165, 1.54) is 19.3 Å². The van der Waals surface area contributed by atoms with Crippen molar-refractivity contribution in [1.29, 1.82) is 0 Å². The van der Waals surface area contributed by atoms with Crippen molar-refractivity contribution in [3.63, 3.8) is 0 Å². The third-order valence-corrected chi connectivity index (χ3v) is 6.71. The molecule has 0 spiro atoms. The Morgan fingerprint density at radius 2 is 2.00 bits per heavy atom. The van der Waals surface area contributed by atoms with Crippen LogP contribution >= 0.6 is 15.9 Å². The minimum atomic E-state index is -0.0838. The van der Waals surface area contributed by atoms with E-state index >= 15 is 0 Å². The molecule has 1 aliphatic heterocycles. The first kappa shape index (κ1) is 17.8. The van der Waals surface area contributed by atoms with Crippen molar-refractivity contribution in [2.45, 2.75) is 31.8 Å². The van der Waals surface area contributed by atoms with E-state index in [0.717, 1.165) is 45.1 Å². The van der Waals surface area contributed by atoms with Gasteiger partial charge in [0.05, 0.1) is 7.11 Å². The highest BCUT2D eigenvalue weighted by Gasteiger charge is 2.41. The van der Waals surface area contributed by atoms with Crippen molar-refractivity contribution in [3.8, 4) is 11.5 Å². The number of hydrogen-bond donors (Lipinski definition) is 1. The van der Waals surface area contributed by atoms with E-state index in [1.54, 1.807) is 7.11 Å². The molecule has 5 heteroatoms. The summed E-state index contributed by atoms with van der Waals surface area (Å²) in [5.74, 6) is 2.91. The van der Waals surface area contributed by atoms with Gasteiger partial charge in [0.1, 0.15) is 6.10 Å². The molecule has 2 aromatic rings. The highest BCUT2D eigenvalue weighted by atomic mass is 79.9. The number of ether oxygens (including phenoxy) is 2. The third kappa shape index (κ3) is 3.12. The van der Waals surface area contributed by atoms with Gasteiger partial charge in [0, 0.05) is 21.3 Å². The average molecular weight is 440 g/mol. The Kier molecular flexibility index (Phi) is 4.43. The quantitative estimate of drug-likeness (QED) is 0.638. The van der Waals surface area contributed by atoms with E-state index in [2.05, 4.69) is 21.2 Å². The van der Waals surface area contributed by atoms with Gasteiger partial charge < -0.3 is 14.8 Å². The van der Waals surface area contributed by atoms with Gasteiger partial charge in [0.25, 0.3) is 5.91 Å². The third-order valence-electron chi connectivity index (χ3n) is 6.21.